The lowest BCUT2D eigenvalue weighted by Gasteiger charge is -2.25. The first-order valence-electron chi connectivity index (χ1n) is 11.8. The summed E-state index contributed by atoms with van der Waals surface area (Å²) in [4.78, 5) is 0. The first-order valence-corrected chi connectivity index (χ1v) is 11.8. The van der Waals surface area contributed by atoms with Crippen molar-refractivity contribution < 1.29 is 4.57 Å². The molecule has 1 aliphatic rings. The normalized spacial score (nSPS) is 12.5. The molecule has 0 N–H and O–H groups in total. The van der Waals surface area contributed by atoms with Crippen molar-refractivity contribution in [1.29, 1.82) is 0 Å². The molecule has 162 valence electrons. The van der Waals surface area contributed by atoms with Crippen molar-refractivity contribution in [2.45, 2.75) is 59.9 Å². The Labute approximate surface area is 192 Å². The van der Waals surface area contributed by atoms with Gasteiger partial charge in [-0.2, -0.15) is 4.57 Å². The van der Waals surface area contributed by atoms with E-state index in [2.05, 4.69) is 118 Å². The lowest BCUT2D eigenvalue weighted by Crippen LogP contribution is -2.32. The third-order valence-electron chi connectivity index (χ3n) is 7.10. The molecule has 0 saturated carbocycles. The third-order valence-corrected chi connectivity index (χ3v) is 7.10. The molecule has 0 fully saturated rings. The summed E-state index contributed by atoms with van der Waals surface area (Å²) in [7, 11) is 0. The van der Waals surface area contributed by atoms with Crippen LogP contribution in [0.15, 0.2) is 66.9 Å². The van der Waals surface area contributed by atoms with E-state index in [0.717, 1.165) is 6.54 Å². The number of pyridine rings is 1. The number of nitrogens with zero attached hydrogens (tertiary/aromatic N) is 2. The van der Waals surface area contributed by atoms with Gasteiger partial charge in [-0.05, 0) is 71.7 Å². The molecule has 2 aromatic heterocycles. The van der Waals surface area contributed by atoms with Gasteiger partial charge in [-0.3, -0.25) is 0 Å². The molecule has 0 amide bonds. The minimum absolute atomic E-state index is 0.424. The van der Waals surface area contributed by atoms with Crippen LogP contribution < -0.4 is 4.57 Å². The SMILES string of the molecule is Cc1c2c(n(-c3c(C(C)C)cc(-c4ccccc4)cc3C(C)C)c1C)-c1cccc[n+]1C2. The predicted molar refractivity (Wildman–Crippen MR) is 134 cm³/mol. The molecule has 5 rings (SSSR count). The zero-order valence-electron chi connectivity index (χ0n) is 20.1. The predicted octanol–water partition coefficient (Wildman–Crippen LogP) is 7.32. The van der Waals surface area contributed by atoms with E-state index >= 15 is 0 Å². The highest BCUT2D eigenvalue weighted by atomic mass is 15.1. The van der Waals surface area contributed by atoms with Crippen molar-refractivity contribution in [3.8, 4) is 28.2 Å². The molecule has 32 heavy (non-hydrogen) atoms. The minimum atomic E-state index is 0.424. The van der Waals surface area contributed by atoms with Gasteiger partial charge in [-0.1, -0.05) is 58.0 Å². The summed E-state index contributed by atoms with van der Waals surface area (Å²) in [6, 6.07) is 22.2. The lowest BCUT2D eigenvalue weighted by atomic mass is 9.88. The van der Waals surface area contributed by atoms with Gasteiger partial charge >= 0.3 is 0 Å². The van der Waals surface area contributed by atoms with Gasteiger partial charge in [-0.25, -0.2) is 0 Å². The van der Waals surface area contributed by atoms with E-state index in [-0.39, 0.29) is 0 Å². The summed E-state index contributed by atoms with van der Waals surface area (Å²) < 4.78 is 4.96. The van der Waals surface area contributed by atoms with Gasteiger partial charge in [0, 0.05) is 17.8 Å². The van der Waals surface area contributed by atoms with Crippen LogP contribution in [0.5, 0.6) is 0 Å². The Hall–Kier alpha value is -3.13. The number of fused-ring (bicyclic) bond motifs is 3. The van der Waals surface area contributed by atoms with Gasteiger partial charge in [0.05, 0.1) is 11.3 Å². The highest BCUT2D eigenvalue weighted by Gasteiger charge is 2.35. The molecule has 0 spiro atoms. The Balaban J connectivity index is 1.86. The summed E-state index contributed by atoms with van der Waals surface area (Å²) >= 11 is 0. The number of hydrogen-bond acceptors (Lipinski definition) is 0. The number of aromatic nitrogens is 2. The molecular weight excluding hydrogens is 388 g/mol. The molecule has 0 atom stereocenters. The molecule has 0 bridgehead atoms. The smallest absolute Gasteiger partial charge is 0.230 e. The fraction of sp³-hybridized carbons (Fsp3) is 0.300. The van der Waals surface area contributed by atoms with Crippen LogP contribution >= 0.6 is 0 Å². The minimum Gasteiger partial charge on any atom is -0.307 e. The Bertz CT molecular complexity index is 1280. The first-order chi connectivity index (χ1) is 15.4. The Morgan fingerprint density at radius 3 is 2.03 bits per heavy atom. The Morgan fingerprint density at radius 2 is 1.41 bits per heavy atom. The van der Waals surface area contributed by atoms with E-state index in [0.29, 0.717) is 11.8 Å². The number of hydrogen-bond donors (Lipinski definition) is 0. The average molecular weight is 422 g/mol. The van der Waals surface area contributed by atoms with Gasteiger partial charge in [0.25, 0.3) is 0 Å². The molecule has 0 aliphatic carbocycles. The standard InChI is InChI=1S/C30H33N2/c1-19(2)25-16-24(23-12-8-7-9-13-23)17-26(20(3)4)29(25)32-22(6)21(5)27-18-31-15-11-10-14-28(31)30(27)32/h7-17,19-20H,18H2,1-6H3/q+1. The summed E-state index contributed by atoms with van der Waals surface area (Å²) in [6.45, 7) is 14.8. The van der Waals surface area contributed by atoms with Gasteiger partial charge in [0.2, 0.25) is 5.69 Å². The topological polar surface area (TPSA) is 8.81 Å². The van der Waals surface area contributed by atoms with E-state index in [1.165, 1.54) is 56.1 Å². The highest BCUT2D eigenvalue weighted by molar-refractivity contribution is 5.74. The molecule has 1 aliphatic heterocycles. The van der Waals surface area contributed by atoms with E-state index in [1.54, 1.807) is 0 Å². The zero-order valence-corrected chi connectivity index (χ0v) is 20.1. The van der Waals surface area contributed by atoms with Crippen LogP contribution in [0.2, 0.25) is 0 Å². The monoisotopic (exact) mass is 421 g/mol. The molecule has 0 unspecified atom stereocenters. The van der Waals surface area contributed by atoms with Crippen molar-refractivity contribution >= 4 is 0 Å². The van der Waals surface area contributed by atoms with Crippen LogP contribution in [0.4, 0.5) is 0 Å². The second kappa shape index (κ2) is 7.78. The largest absolute Gasteiger partial charge is 0.307 e. The maximum Gasteiger partial charge on any atom is 0.230 e. The van der Waals surface area contributed by atoms with Gasteiger partial charge < -0.3 is 4.57 Å². The number of benzene rings is 2. The van der Waals surface area contributed by atoms with Crippen LogP contribution in [-0.4, -0.2) is 4.57 Å². The fourth-order valence-electron chi connectivity index (χ4n) is 5.22. The van der Waals surface area contributed by atoms with Crippen molar-refractivity contribution in [3.63, 3.8) is 0 Å². The van der Waals surface area contributed by atoms with Crippen LogP contribution in [0.25, 0.3) is 28.2 Å². The van der Waals surface area contributed by atoms with Crippen molar-refractivity contribution in [3.05, 3.63) is 94.8 Å². The molecule has 2 nitrogen and oxygen atoms in total. The number of rotatable bonds is 4. The second-order valence-electron chi connectivity index (χ2n) is 9.77. The van der Waals surface area contributed by atoms with Gasteiger partial charge in [-0.15, -0.1) is 0 Å². The quantitative estimate of drug-likeness (QED) is 0.269. The van der Waals surface area contributed by atoms with Crippen molar-refractivity contribution in [2.75, 3.05) is 0 Å². The van der Waals surface area contributed by atoms with E-state index in [9.17, 15) is 0 Å². The van der Waals surface area contributed by atoms with Crippen LogP contribution in [0.1, 0.15) is 67.5 Å². The summed E-state index contributed by atoms with van der Waals surface area (Å²) in [5.41, 5.74) is 13.8. The summed E-state index contributed by atoms with van der Waals surface area (Å²) in [6.07, 6.45) is 2.21. The maximum atomic E-state index is 2.57. The first kappa shape index (κ1) is 20.8. The molecule has 3 heterocycles. The lowest BCUT2D eigenvalue weighted by molar-refractivity contribution is -0.672. The van der Waals surface area contributed by atoms with Crippen LogP contribution in [-0.2, 0) is 6.54 Å². The Morgan fingerprint density at radius 1 is 0.781 bits per heavy atom. The maximum absolute atomic E-state index is 2.57. The van der Waals surface area contributed by atoms with Crippen LogP contribution in [0.3, 0.4) is 0 Å². The zero-order chi connectivity index (χ0) is 22.6. The van der Waals surface area contributed by atoms with Crippen LogP contribution in [0, 0.1) is 13.8 Å². The van der Waals surface area contributed by atoms with E-state index in [4.69, 9.17) is 0 Å². The molecule has 0 radical (unpaired) electrons. The third kappa shape index (κ3) is 3.12. The summed E-state index contributed by atoms with van der Waals surface area (Å²) in [5.74, 6) is 0.849. The summed E-state index contributed by atoms with van der Waals surface area (Å²) in [5, 5.41) is 0. The second-order valence-corrected chi connectivity index (χ2v) is 9.77. The fourth-order valence-corrected chi connectivity index (χ4v) is 5.22. The average Bonchev–Trinajstić information content (AvgIpc) is 3.28. The van der Waals surface area contributed by atoms with Crippen molar-refractivity contribution in [1.82, 2.24) is 4.57 Å². The molecule has 4 aromatic rings. The van der Waals surface area contributed by atoms with E-state index < -0.39 is 0 Å². The van der Waals surface area contributed by atoms with E-state index in [1.807, 2.05) is 0 Å². The molecule has 2 aromatic carbocycles. The molecule has 2 heteroatoms. The van der Waals surface area contributed by atoms with Crippen molar-refractivity contribution in [2.24, 2.45) is 0 Å². The Kier molecular flexibility index (Phi) is 5.04. The van der Waals surface area contributed by atoms with Gasteiger partial charge in [0.1, 0.15) is 5.69 Å². The van der Waals surface area contributed by atoms with Gasteiger partial charge in [0.15, 0.2) is 12.7 Å². The molecular formula is C30H33N2+. The highest BCUT2D eigenvalue weighted by Crippen LogP contribution is 2.42. The molecule has 0 saturated heterocycles.